The number of carbonyl (C=O) groups excluding carboxylic acids is 1. The second-order valence-corrected chi connectivity index (χ2v) is 7.71. The number of aromatic nitrogens is 2. The number of Topliss-reactive ketones (excluding diaryl/α,β-unsaturated/α-hetero) is 1. The Morgan fingerprint density at radius 3 is 2.81 bits per heavy atom. The van der Waals surface area contributed by atoms with Crippen LogP contribution in [0.5, 0.6) is 5.75 Å². The summed E-state index contributed by atoms with van der Waals surface area (Å²) in [5.74, 6) is 0.428. The number of rotatable bonds is 9. The van der Waals surface area contributed by atoms with Gasteiger partial charge in [0.1, 0.15) is 18.1 Å². The third-order valence-electron chi connectivity index (χ3n) is 5.27. The van der Waals surface area contributed by atoms with Crippen molar-refractivity contribution in [3.05, 3.63) is 88.5 Å². The summed E-state index contributed by atoms with van der Waals surface area (Å²) in [6, 6.07) is 12.8. The minimum atomic E-state index is -2.54. The fourth-order valence-corrected chi connectivity index (χ4v) is 3.74. The molecule has 0 atom stereocenters. The van der Waals surface area contributed by atoms with E-state index >= 15 is 0 Å². The van der Waals surface area contributed by atoms with E-state index in [0.717, 1.165) is 33.7 Å². The quantitative estimate of drug-likeness (QED) is 0.496. The number of alkyl halides is 2. The molecule has 2 aromatic heterocycles. The molecule has 5 nitrogen and oxygen atoms in total. The molecule has 164 valence electrons. The molecule has 0 radical (unpaired) electrons. The van der Waals surface area contributed by atoms with E-state index in [2.05, 4.69) is 15.0 Å². The molecule has 0 amide bonds. The molecule has 0 bridgehead atoms. The molecule has 0 N–H and O–H groups in total. The normalized spacial score (nSPS) is 12.6. The Morgan fingerprint density at radius 1 is 1.16 bits per heavy atom. The van der Waals surface area contributed by atoms with Crippen LogP contribution in [0.15, 0.2) is 59.9 Å². The summed E-state index contributed by atoms with van der Waals surface area (Å²) in [5, 5.41) is 0. The van der Waals surface area contributed by atoms with Crippen LogP contribution in [0.2, 0.25) is 0 Å². The Hall–Kier alpha value is -3.48. The lowest BCUT2D eigenvalue weighted by Gasteiger charge is -2.11. The lowest BCUT2D eigenvalue weighted by Crippen LogP contribution is -2.10. The van der Waals surface area contributed by atoms with Gasteiger partial charge in [-0.15, -0.1) is 0 Å². The lowest BCUT2D eigenvalue weighted by atomic mass is 10.00. The van der Waals surface area contributed by atoms with Gasteiger partial charge in [0.25, 0.3) is 6.43 Å². The van der Waals surface area contributed by atoms with E-state index in [1.807, 2.05) is 25.1 Å². The summed E-state index contributed by atoms with van der Waals surface area (Å²) in [7, 11) is 0. The monoisotopic (exact) mass is 435 g/mol. The van der Waals surface area contributed by atoms with E-state index in [9.17, 15) is 13.6 Å². The van der Waals surface area contributed by atoms with Crippen LogP contribution in [0, 0.1) is 6.92 Å². The van der Waals surface area contributed by atoms with Gasteiger partial charge < -0.3 is 4.74 Å². The van der Waals surface area contributed by atoms with Crippen LogP contribution in [0.3, 0.4) is 0 Å². The van der Waals surface area contributed by atoms with Gasteiger partial charge in [-0.05, 0) is 48.7 Å². The maximum Gasteiger partial charge on any atom is 0.272 e. The number of fused-ring (bicyclic) bond motifs is 1. The Morgan fingerprint density at radius 2 is 2.00 bits per heavy atom. The van der Waals surface area contributed by atoms with Gasteiger partial charge in [-0.1, -0.05) is 18.2 Å². The highest BCUT2D eigenvalue weighted by Gasteiger charge is 2.19. The van der Waals surface area contributed by atoms with Crippen LogP contribution >= 0.6 is 0 Å². The summed E-state index contributed by atoms with van der Waals surface area (Å²) in [5.41, 5.74) is 6.32. The molecule has 3 heterocycles. The summed E-state index contributed by atoms with van der Waals surface area (Å²) in [6.07, 6.45) is 1.94. The number of para-hydroxylation sites is 1. The maximum atomic E-state index is 12.6. The van der Waals surface area contributed by atoms with Crippen LogP contribution in [-0.2, 0) is 24.2 Å². The SMILES string of the molecule is Cc1cc(C2=NCc3cc(CC(=O)CCc4ccccc4OCC(F)F)ncc32)ccn1. The van der Waals surface area contributed by atoms with Crippen LogP contribution in [0.4, 0.5) is 8.78 Å². The zero-order chi connectivity index (χ0) is 22.5. The fourth-order valence-electron chi connectivity index (χ4n) is 3.74. The van der Waals surface area contributed by atoms with Gasteiger partial charge in [0.15, 0.2) is 0 Å². The standard InChI is InChI=1S/C25H23F2N3O2/c1-16-10-18(8-9-28-16)25-22-14-29-20(11-19(22)13-30-25)12-21(31)7-6-17-4-2-3-5-23(17)32-15-24(26)27/h2-5,8-11,14,24H,6-7,12-13,15H2,1H3. The molecule has 0 saturated carbocycles. The molecular formula is C25H23F2N3O2. The van der Waals surface area contributed by atoms with E-state index in [0.29, 0.717) is 24.4 Å². The van der Waals surface area contributed by atoms with Crippen molar-refractivity contribution >= 4 is 11.5 Å². The number of benzene rings is 1. The van der Waals surface area contributed by atoms with Crippen LogP contribution in [0.1, 0.15) is 40.1 Å². The highest BCUT2D eigenvalue weighted by Crippen LogP contribution is 2.24. The first-order valence-electron chi connectivity index (χ1n) is 10.5. The summed E-state index contributed by atoms with van der Waals surface area (Å²) in [6.45, 7) is 1.84. The van der Waals surface area contributed by atoms with Crippen molar-refractivity contribution in [3.63, 3.8) is 0 Å². The number of nitrogens with zero attached hydrogens (tertiary/aromatic N) is 3. The Kier molecular flexibility index (Phi) is 6.63. The Balaban J connectivity index is 1.38. The molecule has 1 aliphatic heterocycles. The van der Waals surface area contributed by atoms with Crippen molar-refractivity contribution < 1.29 is 18.3 Å². The molecule has 0 aliphatic carbocycles. The van der Waals surface area contributed by atoms with Crippen molar-refractivity contribution in [3.8, 4) is 5.75 Å². The van der Waals surface area contributed by atoms with E-state index in [1.165, 1.54) is 0 Å². The highest BCUT2D eigenvalue weighted by molar-refractivity contribution is 6.15. The number of carbonyl (C=O) groups is 1. The Labute approximate surface area is 185 Å². The lowest BCUT2D eigenvalue weighted by molar-refractivity contribution is -0.118. The van der Waals surface area contributed by atoms with Crippen LogP contribution < -0.4 is 4.74 Å². The van der Waals surface area contributed by atoms with Crippen molar-refractivity contribution in [2.75, 3.05) is 6.61 Å². The second kappa shape index (κ2) is 9.77. The Bertz CT molecular complexity index is 1160. The van der Waals surface area contributed by atoms with Gasteiger partial charge in [-0.3, -0.25) is 19.8 Å². The van der Waals surface area contributed by atoms with Crippen LogP contribution in [0.25, 0.3) is 0 Å². The second-order valence-electron chi connectivity index (χ2n) is 7.71. The molecular weight excluding hydrogens is 412 g/mol. The number of ether oxygens (including phenoxy) is 1. The largest absolute Gasteiger partial charge is 0.487 e. The van der Waals surface area contributed by atoms with Crippen molar-refractivity contribution in [2.24, 2.45) is 4.99 Å². The predicted molar refractivity (Wildman–Crippen MR) is 118 cm³/mol. The first kappa shape index (κ1) is 21.7. The number of pyridine rings is 2. The van der Waals surface area contributed by atoms with Crippen molar-refractivity contribution in [1.82, 2.24) is 9.97 Å². The molecule has 4 rings (SSSR count). The summed E-state index contributed by atoms with van der Waals surface area (Å²) < 4.78 is 30.1. The minimum absolute atomic E-state index is 0.0324. The van der Waals surface area contributed by atoms with E-state index in [4.69, 9.17) is 4.74 Å². The number of halogens is 2. The van der Waals surface area contributed by atoms with Gasteiger partial charge in [0.2, 0.25) is 0 Å². The smallest absolute Gasteiger partial charge is 0.272 e. The zero-order valence-electron chi connectivity index (χ0n) is 17.7. The van der Waals surface area contributed by atoms with Crippen LogP contribution in [-0.4, -0.2) is 34.5 Å². The minimum Gasteiger partial charge on any atom is -0.487 e. The van der Waals surface area contributed by atoms with Crippen molar-refractivity contribution in [2.45, 2.75) is 39.2 Å². The first-order chi connectivity index (χ1) is 15.5. The number of aliphatic imine (C=N–C) groups is 1. The molecule has 0 fully saturated rings. The van der Waals surface area contributed by atoms with Gasteiger partial charge in [-0.25, -0.2) is 8.78 Å². The molecule has 0 saturated heterocycles. The zero-order valence-corrected chi connectivity index (χ0v) is 17.7. The number of hydrogen-bond donors (Lipinski definition) is 0. The molecule has 32 heavy (non-hydrogen) atoms. The maximum absolute atomic E-state index is 12.6. The number of ketones is 1. The predicted octanol–water partition coefficient (Wildman–Crippen LogP) is 4.52. The molecule has 0 spiro atoms. The third kappa shape index (κ3) is 5.22. The summed E-state index contributed by atoms with van der Waals surface area (Å²) in [4.78, 5) is 25.9. The molecule has 7 heteroatoms. The number of hydrogen-bond acceptors (Lipinski definition) is 5. The third-order valence-corrected chi connectivity index (χ3v) is 5.27. The average molecular weight is 435 g/mol. The topological polar surface area (TPSA) is 64.4 Å². The van der Waals surface area contributed by atoms with Gasteiger partial charge in [0.05, 0.1) is 12.3 Å². The summed E-state index contributed by atoms with van der Waals surface area (Å²) >= 11 is 0. The van der Waals surface area contributed by atoms with Crippen molar-refractivity contribution in [1.29, 1.82) is 0 Å². The van der Waals surface area contributed by atoms with Gasteiger partial charge in [-0.2, -0.15) is 0 Å². The average Bonchev–Trinajstić information content (AvgIpc) is 3.20. The fraction of sp³-hybridized carbons (Fsp3) is 0.280. The molecule has 1 aliphatic rings. The van der Waals surface area contributed by atoms with E-state index < -0.39 is 13.0 Å². The van der Waals surface area contributed by atoms with Gasteiger partial charge >= 0.3 is 0 Å². The van der Waals surface area contributed by atoms with Gasteiger partial charge in [0, 0.05) is 47.8 Å². The molecule has 1 aromatic carbocycles. The first-order valence-corrected chi connectivity index (χ1v) is 10.5. The van der Waals surface area contributed by atoms with E-state index in [1.54, 1.807) is 36.7 Å². The van der Waals surface area contributed by atoms with E-state index in [-0.39, 0.29) is 18.6 Å². The highest BCUT2D eigenvalue weighted by atomic mass is 19.3. The molecule has 0 unspecified atom stereocenters. The molecule has 3 aromatic rings. The number of aryl methyl sites for hydroxylation is 2.